The molecule has 0 aliphatic carbocycles. The van der Waals surface area contributed by atoms with E-state index in [2.05, 4.69) is 38.1 Å². The highest BCUT2D eigenvalue weighted by Gasteiger charge is 2.01. The quantitative estimate of drug-likeness (QED) is 0.419. The fourth-order valence-electron chi connectivity index (χ4n) is 2.63. The number of benzene rings is 1. The zero-order valence-electron chi connectivity index (χ0n) is 12.8. The molecule has 1 rings (SSSR count). The average Bonchev–Trinajstić information content (AvgIpc) is 2.45. The molecule has 1 aromatic carbocycles. The van der Waals surface area contributed by atoms with E-state index in [0.29, 0.717) is 0 Å². The third-order valence-electron chi connectivity index (χ3n) is 3.86. The van der Waals surface area contributed by atoms with Gasteiger partial charge in [0.2, 0.25) is 0 Å². The minimum absolute atomic E-state index is 1.05. The molecule has 0 heteroatoms. The minimum Gasteiger partial charge on any atom is -0.0654 e. The van der Waals surface area contributed by atoms with Crippen molar-refractivity contribution in [2.45, 2.75) is 77.6 Å². The van der Waals surface area contributed by atoms with Crippen LogP contribution in [0.2, 0.25) is 0 Å². The summed E-state index contributed by atoms with van der Waals surface area (Å²) in [7, 11) is 0. The summed E-state index contributed by atoms with van der Waals surface area (Å²) < 4.78 is 0. The van der Waals surface area contributed by atoms with E-state index < -0.39 is 0 Å². The Morgan fingerprint density at radius 3 is 1.84 bits per heavy atom. The molecule has 0 heterocycles. The second kappa shape index (κ2) is 11.1. The van der Waals surface area contributed by atoms with Crippen molar-refractivity contribution in [3.8, 4) is 0 Å². The van der Waals surface area contributed by atoms with E-state index in [1.54, 1.807) is 11.1 Å². The molecule has 1 aromatic rings. The molecule has 0 aliphatic rings. The maximum atomic E-state index is 3.94. The highest BCUT2D eigenvalue weighted by atomic mass is 14.1. The van der Waals surface area contributed by atoms with Crippen LogP contribution in [-0.2, 0) is 12.8 Å². The van der Waals surface area contributed by atoms with Gasteiger partial charge in [0.15, 0.2) is 0 Å². The molecule has 0 saturated carbocycles. The van der Waals surface area contributed by atoms with Crippen molar-refractivity contribution in [3.63, 3.8) is 0 Å². The zero-order valence-corrected chi connectivity index (χ0v) is 12.8. The van der Waals surface area contributed by atoms with Gasteiger partial charge in [0.1, 0.15) is 0 Å². The lowest BCUT2D eigenvalue weighted by molar-refractivity contribution is 0.588. The Hall–Kier alpha value is -0.780. The first-order valence-corrected chi connectivity index (χ1v) is 8.24. The molecule has 0 saturated heterocycles. The summed E-state index contributed by atoms with van der Waals surface area (Å²) in [5.74, 6) is 0. The van der Waals surface area contributed by atoms with E-state index in [1.165, 1.54) is 64.2 Å². The maximum absolute atomic E-state index is 3.94. The van der Waals surface area contributed by atoms with E-state index >= 15 is 0 Å². The molecular weight excluding hydrogens is 228 g/mol. The molecule has 0 bridgehead atoms. The van der Waals surface area contributed by atoms with Crippen LogP contribution in [0.15, 0.2) is 24.3 Å². The van der Waals surface area contributed by atoms with Crippen LogP contribution in [-0.4, -0.2) is 0 Å². The molecule has 0 nitrogen and oxygen atoms in total. The highest BCUT2D eigenvalue weighted by molar-refractivity contribution is 5.27. The van der Waals surface area contributed by atoms with E-state index in [4.69, 9.17) is 0 Å². The third-order valence-corrected chi connectivity index (χ3v) is 3.86. The summed E-state index contributed by atoms with van der Waals surface area (Å²) in [5.41, 5.74) is 3.13. The lowest BCUT2D eigenvalue weighted by Gasteiger charge is -2.09. The fourth-order valence-corrected chi connectivity index (χ4v) is 2.63. The Labute approximate surface area is 120 Å². The first-order valence-electron chi connectivity index (χ1n) is 8.24. The van der Waals surface area contributed by atoms with Crippen LogP contribution in [0.4, 0.5) is 0 Å². The van der Waals surface area contributed by atoms with E-state index in [1.807, 2.05) is 0 Å². The highest BCUT2D eigenvalue weighted by Crippen LogP contribution is 2.16. The summed E-state index contributed by atoms with van der Waals surface area (Å²) in [6.45, 7) is 6.22. The Bertz CT molecular complexity index is 314. The lowest BCUT2D eigenvalue weighted by Crippen LogP contribution is -1.94. The van der Waals surface area contributed by atoms with Gasteiger partial charge in [0.25, 0.3) is 0 Å². The van der Waals surface area contributed by atoms with Crippen molar-refractivity contribution >= 4 is 0 Å². The SMILES string of the molecule is [CH2]CCCc1ccccc1CCCCCCCCC. The average molecular weight is 259 g/mol. The van der Waals surface area contributed by atoms with E-state index in [-0.39, 0.29) is 0 Å². The van der Waals surface area contributed by atoms with Crippen LogP contribution in [0.25, 0.3) is 0 Å². The standard InChI is InChI=1S/C19H31/c1-3-5-7-8-9-10-11-15-19-17-13-12-16-18(19)14-6-4-2/h12-13,16-17H,2-11,14-15H2,1H3. The summed E-state index contributed by atoms with van der Waals surface area (Å²) in [6.07, 6.45) is 14.5. The number of rotatable bonds is 11. The second-order valence-corrected chi connectivity index (χ2v) is 5.60. The number of unbranched alkanes of at least 4 members (excludes halogenated alkanes) is 7. The zero-order chi connectivity index (χ0) is 13.8. The summed E-state index contributed by atoms with van der Waals surface area (Å²) in [4.78, 5) is 0. The van der Waals surface area contributed by atoms with Gasteiger partial charge < -0.3 is 0 Å². The van der Waals surface area contributed by atoms with Crippen molar-refractivity contribution in [1.82, 2.24) is 0 Å². The molecule has 0 amide bonds. The van der Waals surface area contributed by atoms with Gasteiger partial charge in [0, 0.05) is 0 Å². The van der Waals surface area contributed by atoms with Crippen LogP contribution in [0.5, 0.6) is 0 Å². The van der Waals surface area contributed by atoms with Crippen molar-refractivity contribution in [1.29, 1.82) is 0 Å². The van der Waals surface area contributed by atoms with E-state index in [9.17, 15) is 0 Å². The van der Waals surface area contributed by atoms with Crippen molar-refractivity contribution in [2.24, 2.45) is 0 Å². The van der Waals surface area contributed by atoms with Crippen LogP contribution in [0, 0.1) is 6.92 Å². The Balaban J connectivity index is 2.21. The van der Waals surface area contributed by atoms with Gasteiger partial charge in [-0.25, -0.2) is 0 Å². The van der Waals surface area contributed by atoms with Gasteiger partial charge in [-0.05, 0) is 36.8 Å². The molecular formula is C19H31. The van der Waals surface area contributed by atoms with Gasteiger partial charge in [-0.1, -0.05) is 83.1 Å². The Kier molecular flexibility index (Phi) is 9.49. The van der Waals surface area contributed by atoms with Gasteiger partial charge in [0.05, 0.1) is 0 Å². The van der Waals surface area contributed by atoms with E-state index in [0.717, 1.165) is 6.42 Å². The topological polar surface area (TPSA) is 0 Å². The van der Waals surface area contributed by atoms with Crippen LogP contribution in [0.1, 0.15) is 75.8 Å². The summed E-state index contributed by atoms with van der Waals surface area (Å²) in [6, 6.07) is 8.97. The van der Waals surface area contributed by atoms with Crippen LogP contribution < -0.4 is 0 Å². The molecule has 107 valence electrons. The largest absolute Gasteiger partial charge is 0.0654 e. The fraction of sp³-hybridized carbons (Fsp3) is 0.632. The first kappa shape index (κ1) is 16.3. The van der Waals surface area contributed by atoms with Crippen molar-refractivity contribution < 1.29 is 0 Å². The van der Waals surface area contributed by atoms with Gasteiger partial charge in [-0.2, -0.15) is 0 Å². The predicted molar refractivity (Wildman–Crippen MR) is 86.4 cm³/mol. The first-order chi connectivity index (χ1) is 9.38. The third kappa shape index (κ3) is 7.40. The molecule has 0 unspecified atom stereocenters. The maximum Gasteiger partial charge on any atom is -0.0276 e. The lowest BCUT2D eigenvalue weighted by atomic mass is 9.97. The van der Waals surface area contributed by atoms with Crippen LogP contribution in [0.3, 0.4) is 0 Å². The number of hydrogen-bond acceptors (Lipinski definition) is 0. The van der Waals surface area contributed by atoms with Gasteiger partial charge in [-0.3, -0.25) is 0 Å². The monoisotopic (exact) mass is 259 g/mol. The number of hydrogen-bond donors (Lipinski definition) is 0. The van der Waals surface area contributed by atoms with Gasteiger partial charge >= 0.3 is 0 Å². The normalized spacial score (nSPS) is 10.8. The predicted octanol–water partition coefficient (Wildman–Crippen LogP) is 6.14. The molecule has 0 spiro atoms. The molecule has 0 N–H and O–H groups in total. The Morgan fingerprint density at radius 1 is 0.737 bits per heavy atom. The molecule has 19 heavy (non-hydrogen) atoms. The van der Waals surface area contributed by atoms with Crippen molar-refractivity contribution in [3.05, 3.63) is 42.3 Å². The Morgan fingerprint density at radius 2 is 1.26 bits per heavy atom. The van der Waals surface area contributed by atoms with Gasteiger partial charge in [-0.15, -0.1) is 0 Å². The molecule has 0 atom stereocenters. The van der Waals surface area contributed by atoms with Crippen LogP contribution >= 0.6 is 0 Å². The molecule has 1 radical (unpaired) electrons. The summed E-state index contributed by atoms with van der Waals surface area (Å²) >= 11 is 0. The smallest absolute Gasteiger partial charge is 0.0276 e. The minimum atomic E-state index is 1.05. The molecule has 0 aliphatic heterocycles. The van der Waals surface area contributed by atoms with Crippen molar-refractivity contribution in [2.75, 3.05) is 0 Å². The molecule has 0 aromatic heterocycles. The summed E-state index contributed by atoms with van der Waals surface area (Å²) in [5, 5.41) is 0. The number of aryl methyl sites for hydroxylation is 2. The second-order valence-electron chi connectivity index (χ2n) is 5.60. The molecule has 0 fully saturated rings.